The molecule has 0 spiro atoms. The van der Waals surface area contributed by atoms with Crippen molar-refractivity contribution in [2.45, 2.75) is 131 Å². The highest BCUT2D eigenvalue weighted by molar-refractivity contribution is 7.90. The van der Waals surface area contributed by atoms with Crippen LogP contribution in [0.4, 0.5) is 57.1 Å². The molecule has 8 N–H and O–H groups in total. The average Bonchev–Trinajstić information content (AvgIpc) is 1.63. The summed E-state index contributed by atoms with van der Waals surface area (Å²) in [5.41, 5.74) is 35.2. The number of hydrogen-bond acceptors (Lipinski definition) is 22. The Bertz CT molecular complexity index is 6580. The van der Waals surface area contributed by atoms with Gasteiger partial charge in [0.05, 0.1) is 52.7 Å². The van der Waals surface area contributed by atoms with Crippen LogP contribution in [-0.2, 0) is 59.0 Å². The molecular formula is C95H98F13N13O13S4. The second-order valence-electron chi connectivity index (χ2n) is 36.5. The molecule has 12 aliphatic heterocycles. The largest absolute Gasteiger partial charge is 0.573 e. The van der Waals surface area contributed by atoms with Crippen LogP contribution in [0.5, 0.6) is 5.75 Å². The van der Waals surface area contributed by atoms with Crippen LogP contribution in [0.1, 0.15) is 83.5 Å². The summed E-state index contributed by atoms with van der Waals surface area (Å²) >= 11 is 0. The summed E-state index contributed by atoms with van der Waals surface area (Å²) in [6.07, 6.45) is -5.61. The minimum absolute atomic E-state index is 0.0112. The Morgan fingerprint density at radius 2 is 0.572 bits per heavy atom. The molecule has 0 unspecified atom stereocenters. The fourth-order valence-electron chi connectivity index (χ4n) is 20.1. The quantitative estimate of drug-likeness (QED) is 0.0486. The first kappa shape index (κ1) is 99.8. The summed E-state index contributed by atoms with van der Waals surface area (Å²) in [5, 5.41) is 8.93. The topological polar surface area (TPSA) is 337 Å². The molecule has 0 saturated carbocycles. The molecule has 12 aliphatic rings. The summed E-state index contributed by atoms with van der Waals surface area (Å²) < 4.78 is 312. The maximum atomic E-state index is 14.2. The van der Waals surface area contributed by atoms with Crippen molar-refractivity contribution in [3.05, 3.63) is 300 Å². The van der Waals surface area contributed by atoms with E-state index in [0.717, 1.165) is 159 Å². The van der Waals surface area contributed by atoms with Crippen molar-refractivity contribution in [2.75, 3.05) is 131 Å². The van der Waals surface area contributed by atoms with E-state index in [-0.39, 0.29) is 95.6 Å². The molecular weight excluding hydrogens is 1910 g/mol. The third-order valence-electron chi connectivity index (χ3n) is 27.3. The van der Waals surface area contributed by atoms with E-state index in [2.05, 4.69) is 24.3 Å². The highest BCUT2D eigenvalue weighted by Gasteiger charge is 2.48. The van der Waals surface area contributed by atoms with Crippen LogP contribution in [0.3, 0.4) is 0 Å². The highest BCUT2D eigenvalue weighted by Crippen LogP contribution is 2.44. The van der Waals surface area contributed by atoms with Gasteiger partial charge in [0.1, 0.15) is 93.2 Å². The highest BCUT2D eigenvalue weighted by atomic mass is 32.2. The van der Waals surface area contributed by atoms with Gasteiger partial charge in [0, 0.05) is 181 Å². The molecule has 736 valence electrons. The molecule has 43 heteroatoms. The number of benzene rings is 8. The van der Waals surface area contributed by atoms with Crippen LogP contribution in [0, 0.1) is 76.4 Å². The molecule has 0 aromatic heterocycles. The standard InChI is InChI=1S/C24H24F5N3O4S.C24H24F2N4O3S.C24H27F2N3O3S.C23H23F4N3O3S/c25-16-1-6-21(26)20(7-16)23-22(30)8-17(13-35-23)31-9-14-11-32(12-15(14)10-31)37(33,34)19-4-2-18(3-5-19)36-24(27,28)29;25-18-3-6-22(26)21(7-18)24-23(28)8-19(14-33-24)29-10-16-12-30(13-17(16)11-29)34(31,32)20-4-1-15(9-27)2-5-20;1-15-2-5-20(6-3-15)33(30,31)29-12-16-10-28(11-17(16)13-29)19-9-23(27)24(32-14-19)21-8-18(25)4-7-22(21)26;24-15-1-3-19(26)18(5-15)23-21(28)7-17(12-33-23)29-8-13-10-30(11-14(13)9-29)34(31,32)22-4-2-16(25)6-20(22)27/h1-7,17,22-23H,8-13,30H2;1-7,19,23-24H,8,10-14,28H2;2-8,19,23-24H,9-14,27H2,1H3;1-6,17,21,23H,7-12,28H2/t17-,22+,23-;2*19-,23+,24-;17-,21+,23-/m1111/s1. The molecule has 26 nitrogen and oxygen atoms in total. The molecule has 20 rings (SSSR count). The lowest BCUT2D eigenvalue weighted by Crippen LogP contribution is -2.49. The second-order valence-corrected chi connectivity index (χ2v) is 44.2. The van der Waals surface area contributed by atoms with Crippen molar-refractivity contribution in [3.63, 3.8) is 0 Å². The van der Waals surface area contributed by atoms with Gasteiger partial charge in [0.2, 0.25) is 40.1 Å². The van der Waals surface area contributed by atoms with Gasteiger partial charge in [-0.15, -0.1) is 13.2 Å². The zero-order valence-electron chi connectivity index (χ0n) is 74.2. The molecule has 138 heavy (non-hydrogen) atoms. The zero-order chi connectivity index (χ0) is 98.1. The molecule has 0 amide bonds. The van der Waals surface area contributed by atoms with Crippen molar-refractivity contribution in [2.24, 2.45) is 22.9 Å². The number of aryl methyl sites for hydroxylation is 1. The lowest BCUT2D eigenvalue weighted by molar-refractivity contribution is -0.274. The Labute approximate surface area is 789 Å². The minimum atomic E-state index is -4.87. The molecule has 12 atom stereocenters. The van der Waals surface area contributed by atoms with Crippen LogP contribution in [0.25, 0.3) is 0 Å². The summed E-state index contributed by atoms with van der Waals surface area (Å²) in [6, 6.07) is 32.2. The molecule has 8 aromatic carbocycles. The SMILES string of the molecule is Cc1ccc(S(=O)(=O)N2CC3=C(CN([C@H]4CO[C@H](c5cc(F)ccc5F)[C@@H](N)C4)C3)C2)cc1.N#Cc1ccc(S(=O)(=O)N2CC3=C(CN([C@H]4CO[C@H](c5cc(F)ccc5F)[C@@H](N)C4)C3)C2)cc1.N[C@H]1C[C@@H](N2CC3=C(C2)CN(S(=O)(=O)c2ccc(F)cc2F)C3)CO[C@@H]1c1cc(F)ccc1F.N[C@H]1C[C@@H](N2CC3=C(C2)CN(S(=O)(=O)c2ccc(OC(F)(F)F)cc2)C3)CO[C@@H]1c1cc(F)ccc1F. The molecule has 4 fully saturated rings. The van der Waals surface area contributed by atoms with Gasteiger partial charge in [-0.2, -0.15) is 22.5 Å². The molecule has 0 radical (unpaired) electrons. The van der Waals surface area contributed by atoms with Crippen molar-refractivity contribution < 1.29 is 114 Å². The summed E-state index contributed by atoms with van der Waals surface area (Å²) in [5.74, 6) is -6.85. The number of nitriles is 1. The monoisotopic (exact) mass is 2000 g/mol. The van der Waals surface area contributed by atoms with E-state index >= 15 is 0 Å². The number of halogens is 13. The lowest BCUT2D eigenvalue weighted by atomic mass is 9.93. The third-order valence-corrected chi connectivity index (χ3v) is 34.5. The smallest absolute Gasteiger partial charge is 0.406 e. The van der Waals surface area contributed by atoms with Crippen molar-refractivity contribution in [1.29, 1.82) is 5.26 Å². The van der Waals surface area contributed by atoms with E-state index in [1.54, 1.807) is 24.3 Å². The maximum Gasteiger partial charge on any atom is 0.573 e. The predicted octanol–water partition coefficient (Wildman–Crippen LogP) is 11.1. The number of hydrogen-bond donors (Lipinski definition) is 4. The van der Waals surface area contributed by atoms with E-state index in [9.17, 15) is 90.7 Å². The molecule has 8 aromatic rings. The number of ether oxygens (including phenoxy) is 5. The number of nitrogens with two attached hydrogens (primary N) is 4. The number of sulfonamides is 4. The van der Waals surface area contributed by atoms with Crippen LogP contribution < -0.4 is 27.7 Å². The fraction of sp³-hybridized carbons (Fsp3) is 0.400. The van der Waals surface area contributed by atoms with Gasteiger partial charge in [-0.3, -0.25) is 19.6 Å². The van der Waals surface area contributed by atoms with Gasteiger partial charge < -0.3 is 46.6 Å². The van der Waals surface area contributed by atoms with Crippen LogP contribution in [-0.4, -0.2) is 256 Å². The van der Waals surface area contributed by atoms with Crippen LogP contribution in [0.15, 0.2) is 228 Å². The zero-order valence-corrected chi connectivity index (χ0v) is 77.4. The fourth-order valence-corrected chi connectivity index (χ4v) is 25.9. The molecule has 0 bridgehead atoms. The van der Waals surface area contributed by atoms with Gasteiger partial charge in [-0.1, -0.05) is 17.7 Å². The second kappa shape index (κ2) is 40.3. The van der Waals surface area contributed by atoms with Gasteiger partial charge in [-0.25, -0.2) is 77.6 Å². The lowest BCUT2D eigenvalue weighted by Gasteiger charge is -2.39. The van der Waals surface area contributed by atoms with E-state index in [1.165, 1.54) is 41.5 Å². The summed E-state index contributed by atoms with van der Waals surface area (Å²) in [7, 11) is -15.2. The summed E-state index contributed by atoms with van der Waals surface area (Å²) in [4.78, 5) is 8.55. The Morgan fingerprint density at radius 1 is 0.326 bits per heavy atom. The first-order chi connectivity index (χ1) is 65.5. The normalized spacial score (nSPS) is 26.1. The molecule has 0 aliphatic carbocycles. The van der Waals surface area contributed by atoms with E-state index in [4.69, 9.17) is 47.1 Å². The van der Waals surface area contributed by atoms with E-state index in [1.807, 2.05) is 13.0 Å². The van der Waals surface area contributed by atoms with Crippen molar-refractivity contribution in [3.8, 4) is 11.8 Å². The Hall–Kier alpha value is -9.74. The maximum absolute atomic E-state index is 14.2. The first-order valence-electron chi connectivity index (χ1n) is 44.4. The van der Waals surface area contributed by atoms with Crippen molar-refractivity contribution >= 4 is 40.1 Å². The average molecular weight is 2010 g/mol. The molecule has 4 saturated heterocycles. The number of rotatable bonds is 17. The molecule has 12 heterocycles. The Kier molecular flexibility index (Phi) is 29.2. The first-order valence-corrected chi connectivity index (χ1v) is 50.2. The van der Waals surface area contributed by atoms with Crippen LogP contribution >= 0.6 is 0 Å². The third kappa shape index (κ3) is 21.4. The van der Waals surface area contributed by atoms with Gasteiger partial charge in [0.25, 0.3) is 0 Å². The minimum Gasteiger partial charge on any atom is -0.406 e. The summed E-state index contributed by atoms with van der Waals surface area (Å²) in [6.45, 7) is 9.79. The van der Waals surface area contributed by atoms with Crippen LogP contribution in [0.2, 0.25) is 0 Å². The van der Waals surface area contributed by atoms with Gasteiger partial charge in [0.15, 0.2) is 0 Å². The van der Waals surface area contributed by atoms with Gasteiger partial charge in [-0.05, 0) is 223 Å². The Morgan fingerprint density at radius 3 is 0.826 bits per heavy atom. The number of nitrogens with zero attached hydrogens (tertiary/aromatic N) is 9. The van der Waals surface area contributed by atoms with Gasteiger partial charge >= 0.3 is 6.36 Å². The predicted molar refractivity (Wildman–Crippen MR) is 477 cm³/mol. The van der Waals surface area contributed by atoms with E-state index < -0.39 is 164 Å². The van der Waals surface area contributed by atoms with Crippen molar-refractivity contribution in [1.82, 2.24) is 36.8 Å². The Balaban J connectivity index is 0.000000127. The van der Waals surface area contributed by atoms with E-state index in [0.29, 0.717) is 134 Å². The number of alkyl halides is 3.